The summed E-state index contributed by atoms with van der Waals surface area (Å²) in [5.74, 6) is 0. The Morgan fingerprint density at radius 2 is 1.60 bits per heavy atom. The number of hydrogen-bond acceptors (Lipinski definition) is 3. The number of benzene rings is 2. The summed E-state index contributed by atoms with van der Waals surface area (Å²) in [7, 11) is -3.28. The van der Waals surface area contributed by atoms with Crippen molar-refractivity contribution in [1.29, 1.82) is 0 Å². The minimum absolute atomic E-state index is 0.548. The molecule has 0 fully saturated rings. The predicted octanol–water partition coefficient (Wildman–Crippen LogP) is 3.43. The monoisotopic (exact) mass is 354 g/mol. The van der Waals surface area contributed by atoms with Crippen LogP contribution in [-0.2, 0) is 16.6 Å². The highest BCUT2D eigenvalue weighted by Crippen LogP contribution is 2.22. The Labute approximate surface area is 127 Å². The van der Waals surface area contributed by atoms with Gasteiger partial charge in [-0.3, -0.25) is 4.72 Å². The van der Waals surface area contributed by atoms with E-state index in [9.17, 15) is 8.42 Å². The van der Waals surface area contributed by atoms with E-state index < -0.39 is 10.0 Å². The molecule has 0 aliphatic carbocycles. The third-order valence-corrected chi connectivity index (χ3v) is 3.74. The molecule has 20 heavy (non-hydrogen) atoms. The van der Waals surface area contributed by atoms with E-state index in [0.29, 0.717) is 12.2 Å². The fraction of sp³-hybridized carbons (Fsp3) is 0.143. The van der Waals surface area contributed by atoms with Crippen LogP contribution in [0.25, 0.3) is 0 Å². The molecule has 0 atom stereocenters. The van der Waals surface area contributed by atoms with Crippen LogP contribution < -0.4 is 10.0 Å². The fourth-order valence-corrected chi connectivity index (χ4v) is 2.57. The summed E-state index contributed by atoms with van der Waals surface area (Å²) in [6.07, 6.45) is 1.14. The Kier molecular flexibility index (Phi) is 4.67. The van der Waals surface area contributed by atoms with Crippen LogP contribution in [0.1, 0.15) is 5.56 Å². The van der Waals surface area contributed by atoms with Crippen molar-refractivity contribution in [2.24, 2.45) is 0 Å². The van der Waals surface area contributed by atoms with Crippen LogP contribution >= 0.6 is 15.9 Å². The van der Waals surface area contributed by atoms with Crippen molar-refractivity contribution in [3.63, 3.8) is 0 Å². The van der Waals surface area contributed by atoms with Crippen molar-refractivity contribution < 1.29 is 8.42 Å². The maximum Gasteiger partial charge on any atom is 0.229 e. The van der Waals surface area contributed by atoms with E-state index in [2.05, 4.69) is 26.0 Å². The van der Waals surface area contributed by atoms with Crippen LogP contribution in [0, 0.1) is 0 Å². The largest absolute Gasteiger partial charge is 0.379 e. The standard InChI is InChI=1S/C14H15BrN2O2S/c1-20(18,19)17-14-5-3-2-4-13(14)16-10-11-6-8-12(15)9-7-11/h2-9,16-17H,10H2,1H3. The first-order valence-electron chi connectivity index (χ1n) is 5.99. The SMILES string of the molecule is CS(=O)(=O)Nc1ccccc1NCc1ccc(Br)cc1. The second-order valence-corrected chi connectivity index (χ2v) is 7.06. The van der Waals surface area contributed by atoms with Gasteiger partial charge in [-0.05, 0) is 29.8 Å². The van der Waals surface area contributed by atoms with Crippen LogP contribution in [-0.4, -0.2) is 14.7 Å². The molecule has 0 bridgehead atoms. The second-order valence-electron chi connectivity index (χ2n) is 4.40. The number of para-hydroxylation sites is 2. The Morgan fingerprint density at radius 3 is 2.20 bits per heavy atom. The summed E-state index contributed by atoms with van der Waals surface area (Å²) in [6.45, 7) is 0.621. The Balaban J connectivity index is 2.11. The Bertz CT molecular complexity index is 685. The van der Waals surface area contributed by atoms with Crippen LogP contribution in [0.15, 0.2) is 53.0 Å². The molecule has 0 radical (unpaired) electrons. The molecule has 0 unspecified atom stereocenters. The van der Waals surface area contributed by atoms with E-state index in [4.69, 9.17) is 0 Å². The van der Waals surface area contributed by atoms with Crippen molar-refractivity contribution in [1.82, 2.24) is 0 Å². The first-order chi connectivity index (χ1) is 9.44. The van der Waals surface area contributed by atoms with Crippen molar-refractivity contribution in [3.05, 3.63) is 58.6 Å². The maximum atomic E-state index is 11.3. The third kappa shape index (κ3) is 4.54. The number of nitrogens with one attached hydrogen (secondary N) is 2. The minimum atomic E-state index is -3.28. The molecule has 2 rings (SSSR count). The van der Waals surface area contributed by atoms with Gasteiger partial charge in [-0.1, -0.05) is 40.2 Å². The highest BCUT2D eigenvalue weighted by Gasteiger charge is 2.06. The van der Waals surface area contributed by atoms with E-state index in [1.54, 1.807) is 12.1 Å². The highest BCUT2D eigenvalue weighted by molar-refractivity contribution is 9.10. The highest BCUT2D eigenvalue weighted by atomic mass is 79.9. The molecule has 4 nitrogen and oxygen atoms in total. The molecule has 0 heterocycles. The lowest BCUT2D eigenvalue weighted by atomic mass is 10.2. The van der Waals surface area contributed by atoms with Gasteiger partial charge in [0.25, 0.3) is 0 Å². The molecule has 0 amide bonds. The van der Waals surface area contributed by atoms with Crippen molar-refractivity contribution in [3.8, 4) is 0 Å². The lowest BCUT2D eigenvalue weighted by Crippen LogP contribution is -2.11. The number of sulfonamides is 1. The molecule has 6 heteroatoms. The average Bonchev–Trinajstić information content (AvgIpc) is 2.38. The van der Waals surface area contributed by atoms with Crippen LogP contribution in [0.4, 0.5) is 11.4 Å². The first kappa shape index (κ1) is 14.9. The molecule has 0 aliphatic heterocycles. The van der Waals surface area contributed by atoms with Gasteiger partial charge in [0.15, 0.2) is 0 Å². The molecule has 2 N–H and O–H groups in total. The molecule has 106 valence electrons. The van der Waals surface area contributed by atoms with E-state index >= 15 is 0 Å². The van der Waals surface area contributed by atoms with Crippen LogP contribution in [0.2, 0.25) is 0 Å². The summed E-state index contributed by atoms with van der Waals surface area (Å²) >= 11 is 3.39. The molecule has 0 saturated heterocycles. The normalized spacial score (nSPS) is 11.1. The first-order valence-corrected chi connectivity index (χ1v) is 8.67. The molecular formula is C14H15BrN2O2S. The van der Waals surface area contributed by atoms with Gasteiger partial charge in [-0.2, -0.15) is 0 Å². The molecule has 2 aromatic carbocycles. The average molecular weight is 355 g/mol. The Hall–Kier alpha value is -1.53. The molecular weight excluding hydrogens is 340 g/mol. The fourth-order valence-electron chi connectivity index (χ4n) is 1.73. The molecule has 0 aliphatic rings. The summed E-state index contributed by atoms with van der Waals surface area (Å²) in [6, 6.07) is 15.2. The van der Waals surface area contributed by atoms with Gasteiger partial charge in [-0.25, -0.2) is 8.42 Å². The predicted molar refractivity (Wildman–Crippen MR) is 86.4 cm³/mol. The maximum absolute atomic E-state index is 11.3. The number of halogens is 1. The van der Waals surface area contributed by atoms with E-state index in [1.165, 1.54) is 0 Å². The zero-order chi connectivity index (χ0) is 14.6. The second kappa shape index (κ2) is 6.28. The van der Waals surface area contributed by atoms with Gasteiger partial charge in [-0.15, -0.1) is 0 Å². The van der Waals surface area contributed by atoms with E-state index in [-0.39, 0.29) is 0 Å². The quantitative estimate of drug-likeness (QED) is 0.864. The van der Waals surface area contributed by atoms with Gasteiger partial charge in [0.2, 0.25) is 10.0 Å². The summed E-state index contributed by atoms with van der Waals surface area (Å²) in [5.41, 5.74) is 2.41. The number of rotatable bonds is 5. The van der Waals surface area contributed by atoms with Crippen LogP contribution in [0.5, 0.6) is 0 Å². The third-order valence-electron chi connectivity index (χ3n) is 2.62. The van der Waals surface area contributed by atoms with Crippen molar-refractivity contribution in [2.45, 2.75) is 6.54 Å². The molecule has 0 saturated carbocycles. The number of hydrogen-bond donors (Lipinski definition) is 2. The van der Waals surface area contributed by atoms with Gasteiger partial charge in [0.05, 0.1) is 17.6 Å². The van der Waals surface area contributed by atoms with Crippen molar-refractivity contribution >= 4 is 37.3 Å². The van der Waals surface area contributed by atoms with E-state index in [0.717, 1.165) is 22.0 Å². The summed E-state index contributed by atoms with van der Waals surface area (Å²) in [5, 5.41) is 3.23. The topological polar surface area (TPSA) is 58.2 Å². The van der Waals surface area contributed by atoms with Gasteiger partial charge >= 0.3 is 0 Å². The lowest BCUT2D eigenvalue weighted by molar-refractivity contribution is 0.607. The molecule has 0 aromatic heterocycles. The van der Waals surface area contributed by atoms with E-state index in [1.807, 2.05) is 36.4 Å². The van der Waals surface area contributed by atoms with Crippen molar-refractivity contribution in [2.75, 3.05) is 16.3 Å². The number of anilines is 2. The van der Waals surface area contributed by atoms with Gasteiger partial charge < -0.3 is 5.32 Å². The Morgan fingerprint density at radius 1 is 1.00 bits per heavy atom. The lowest BCUT2D eigenvalue weighted by Gasteiger charge is -2.12. The van der Waals surface area contributed by atoms with Gasteiger partial charge in [0.1, 0.15) is 0 Å². The summed E-state index contributed by atoms with van der Waals surface area (Å²) in [4.78, 5) is 0. The van der Waals surface area contributed by atoms with Crippen LogP contribution in [0.3, 0.4) is 0 Å². The molecule has 0 spiro atoms. The molecule has 2 aromatic rings. The van der Waals surface area contributed by atoms with Gasteiger partial charge in [0, 0.05) is 11.0 Å². The summed E-state index contributed by atoms with van der Waals surface area (Å²) < 4.78 is 26.2. The minimum Gasteiger partial charge on any atom is -0.379 e. The smallest absolute Gasteiger partial charge is 0.229 e. The zero-order valence-corrected chi connectivity index (χ0v) is 13.3. The zero-order valence-electron chi connectivity index (χ0n) is 10.9.